The zero-order valence-corrected chi connectivity index (χ0v) is 21.1. The molecule has 2 heterocycles. The summed E-state index contributed by atoms with van der Waals surface area (Å²) in [6.45, 7) is 6.12. The quantitative estimate of drug-likeness (QED) is 0.205. The minimum Gasteiger partial charge on any atom is -0.343 e. The number of nitrogens with one attached hydrogen (secondary N) is 2. The van der Waals surface area contributed by atoms with Gasteiger partial charge in [-0.15, -0.1) is 0 Å². The van der Waals surface area contributed by atoms with Crippen molar-refractivity contribution < 1.29 is 9.72 Å². The van der Waals surface area contributed by atoms with E-state index in [1.54, 1.807) is 12.1 Å². The van der Waals surface area contributed by atoms with E-state index in [0.29, 0.717) is 46.3 Å². The van der Waals surface area contributed by atoms with Gasteiger partial charge in [0.2, 0.25) is 0 Å². The highest BCUT2D eigenvalue weighted by Crippen LogP contribution is 2.47. The largest absolute Gasteiger partial charge is 0.343 e. The first kappa shape index (κ1) is 24.0. The molecule has 1 aliphatic heterocycles. The molecule has 0 saturated carbocycles. The highest BCUT2D eigenvalue weighted by atomic mass is 32.2. The molecule has 1 atom stereocenters. The van der Waals surface area contributed by atoms with Crippen molar-refractivity contribution in [2.45, 2.75) is 50.4 Å². The minimum atomic E-state index is -0.645. The summed E-state index contributed by atoms with van der Waals surface area (Å²) >= 11 is 1.43. The highest BCUT2D eigenvalue weighted by Gasteiger charge is 2.42. The fourth-order valence-electron chi connectivity index (χ4n) is 4.92. The molecule has 5 rings (SSSR count). The van der Waals surface area contributed by atoms with Crippen LogP contribution in [0.1, 0.15) is 54.9 Å². The van der Waals surface area contributed by atoms with E-state index in [4.69, 9.17) is 4.98 Å². The molecule has 0 fully saturated rings. The minimum absolute atomic E-state index is 0.0278. The average molecular weight is 503 g/mol. The molecule has 8 nitrogen and oxygen atoms in total. The Balaban J connectivity index is 1.57. The van der Waals surface area contributed by atoms with E-state index < -0.39 is 10.8 Å². The van der Waals surface area contributed by atoms with Gasteiger partial charge in [0, 0.05) is 41.5 Å². The summed E-state index contributed by atoms with van der Waals surface area (Å²) in [5.41, 5.74) is 4.01. The van der Waals surface area contributed by atoms with Gasteiger partial charge in [-0.05, 0) is 29.9 Å². The van der Waals surface area contributed by atoms with Gasteiger partial charge < -0.3 is 10.3 Å². The van der Waals surface area contributed by atoms with Crippen LogP contribution in [0.25, 0.3) is 0 Å². The van der Waals surface area contributed by atoms with Gasteiger partial charge in [0.25, 0.3) is 11.2 Å². The number of hydrogen-bond donors (Lipinski definition) is 2. The smallest absolute Gasteiger partial charge is 0.269 e. The van der Waals surface area contributed by atoms with Crippen LogP contribution in [0.5, 0.6) is 0 Å². The number of hydrogen-bond acceptors (Lipinski definition) is 7. The number of nitro benzene ring substituents is 1. The van der Waals surface area contributed by atoms with Crippen molar-refractivity contribution in [3.63, 3.8) is 0 Å². The van der Waals surface area contributed by atoms with Crippen molar-refractivity contribution >= 4 is 29.1 Å². The zero-order chi connectivity index (χ0) is 25.6. The normalized spacial score (nSPS) is 18.3. The van der Waals surface area contributed by atoms with Crippen molar-refractivity contribution in [1.82, 2.24) is 9.97 Å². The molecule has 1 unspecified atom stereocenters. The fraction of sp³-hybridized carbons (Fsp3) is 0.296. The molecule has 2 N–H and O–H groups in total. The molecule has 184 valence electrons. The molecular weight excluding hydrogens is 476 g/mol. The Morgan fingerprint density at radius 2 is 1.78 bits per heavy atom. The third-order valence-electron chi connectivity index (χ3n) is 6.63. The molecule has 36 heavy (non-hydrogen) atoms. The number of Topliss-reactive ketones (excluding diaryl/α,β-unsaturated/α-hetero) is 1. The van der Waals surface area contributed by atoms with Gasteiger partial charge in [0.05, 0.1) is 10.5 Å². The van der Waals surface area contributed by atoms with E-state index >= 15 is 0 Å². The van der Waals surface area contributed by atoms with Crippen molar-refractivity contribution in [2.24, 2.45) is 5.41 Å². The van der Waals surface area contributed by atoms with Gasteiger partial charge in [-0.3, -0.25) is 19.7 Å². The summed E-state index contributed by atoms with van der Waals surface area (Å²) in [5, 5.41) is 15.0. The third kappa shape index (κ3) is 4.58. The van der Waals surface area contributed by atoms with Crippen LogP contribution >= 0.6 is 11.8 Å². The topological polar surface area (TPSA) is 118 Å². The van der Waals surface area contributed by atoms with Crippen LogP contribution in [0.3, 0.4) is 0 Å². The third-order valence-corrected chi connectivity index (χ3v) is 7.58. The summed E-state index contributed by atoms with van der Waals surface area (Å²) in [5.74, 6) is 0.401. The predicted octanol–water partition coefficient (Wildman–Crippen LogP) is 5.48. The predicted molar refractivity (Wildman–Crippen MR) is 139 cm³/mol. The molecule has 2 aromatic carbocycles. The molecule has 3 aromatic rings. The Hall–Kier alpha value is -3.72. The number of fused-ring (bicyclic) bond motifs is 1. The number of ketones is 1. The standard InChI is InChI=1S/C27H26N4O4S/c1-15-4-6-16(7-5-15)14-36-26-29-24-23(25(33)30-26)21(17-8-10-18(11-9-17)31(34)35)22-19(28-24)12-27(2,3)13-20(22)32/h4-11,21H,12-14H2,1-3H3,(H2,28,29,30,33). The monoisotopic (exact) mass is 502 g/mol. The number of benzene rings is 2. The number of thioether (sulfide) groups is 1. The molecule has 2 aliphatic rings. The maximum absolute atomic E-state index is 13.4. The number of rotatable bonds is 5. The summed E-state index contributed by atoms with van der Waals surface area (Å²) in [7, 11) is 0. The average Bonchev–Trinajstić information content (AvgIpc) is 2.81. The number of aromatic nitrogens is 2. The SMILES string of the molecule is Cc1ccc(CSc2nc3c(c(=O)[nH]2)C(c2ccc([N+](=O)[O-])cc2)C2=C(CC(C)(C)CC2=O)N3)cc1. The lowest BCUT2D eigenvalue weighted by Crippen LogP contribution is -2.37. The highest BCUT2D eigenvalue weighted by molar-refractivity contribution is 7.98. The number of nitro groups is 1. The van der Waals surface area contributed by atoms with E-state index in [9.17, 15) is 19.7 Å². The van der Waals surface area contributed by atoms with E-state index in [2.05, 4.69) is 22.4 Å². The van der Waals surface area contributed by atoms with Crippen LogP contribution in [0.2, 0.25) is 0 Å². The Labute approximate surface area is 212 Å². The van der Waals surface area contributed by atoms with Crippen LogP contribution in [-0.2, 0) is 10.5 Å². The molecule has 0 saturated heterocycles. The summed E-state index contributed by atoms with van der Waals surface area (Å²) in [6, 6.07) is 14.2. The number of non-ortho nitro benzene ring substituents is 1. The molecule has 1 aromatic heterocycles. The summed E-state index contributed by atoms with van der Waals surface area (Å²) in [4.78, 5) is 45.1. The lowest BCUT2D eigenvalue weighted by molar-refractivity contribution is -0.384. The number of carbonyl (C=O) groups excluding carboxylic acids is 1. The second-order valence-corrected chi connectivity index (χ2v) is 11.1. The number of aryl methyl sites for hydroxylation is 1. The first-order valence-corrected chi connectivity index (χ1v) is 12.7. The Morgan fingerprint density at radius 1 is 1.08 bits per heavy atom. The number of nitrogens with zero attached hydrogens (tertiary/aromatic N) is 2. The Kier molecular flexibility index (Phi) is 6.04. The lowest BCUT2D eigenvalue weighted by Gasteiger charge is -2.38. The fourth-order valence-corrected chi connectivity index (χ4v) is 5.74. The second-order valence-electron chi connectivity index (χ2n) is 10.1. The van der Waals surface area contributed by atoms with Gasteiger partial charge in [0.1, 0.15) is 5.82 Å². The van der Waals surface area contributed by atoms with Crippen molar-refractivity contribution in [3.05, 3.63) is 103 Å². The maximum atomic E-state index is 13.4. The molecular formula is C27H26N4O4S. The summed E-state index contributed by atoms with van der Waals surface area (Å²) in [6.07, 6.45) is 0.999. The van der Waals surface area contributed by atoms with Gasteiger partial charge in [0.15, 0.2) is 10.9 Å². The van der Waals surface area contributed by atoms with E-state index in [0.717, 1.165) is 11.3 Å². The van der Waals surface area contributed by atoms with E-state index in [1.165, 1.54) is 29.5 Å². The van der Waals surface area contributed by atoms with Gasteiger partial charge in [-0.25, -0.2) is 4.98 Å². The molecule has 0 radical (unpaired) electrons. The van der Waals surface area contributed by atoms with Crippen LogP contribution < -0.4 is 10.9 Å². The van der Waals surface area contributed by atoms with Gasteiger partial charge >= 0.3 is 0 Å². The van der Waals surface area contributed by atoms with Crippen LogP contribution in [0, 0.1) is 22.5 Å². The van der Waals surface area contributed by atoms with Crippen LogP contribution in [0.15, 0.2) is 69.8 Å². The number of carbonyl (C=O) groups is 1. The van der Waals surface area contributed by atoms with Crippen molar-refractivity contribution in [2.75, 3.05) is 5.32 Å². The Morgan fingerprint density at radius 3 is 2.44 bits per heavy atom. The molecule has 9 heteroatoms. The number of anilines is 1. The first-order valence-electron chi connectivity index (χ1n) is 11.7. The lowest BCUT2D eigenvalue weighted by atomic mass is 9.69. The number of allylic oxidation sites excluding steroid dienone is 2. The number of aromatic amines is 1. The van der Waals surface area contributed by atoms with Crippen LogP contribution in [-0.4, -0.2) is 20.7 Å². The molecule has 1 aliphatic carbocycles. The van der Waals surface area contributed by atoms with Crippen LogP contribution in [0.4, 0.5) is 11.5 Å². The van der Waals surface area contributed by atoms with Crippen molar-refractivity contribution in [1.29, 1.82) is 0 Å². The number of H-pyrrole nitrogens is 1. The van der Waals surface area contributed by atoms with Gasteiger partial charge in [-0.1, -0.05) is 67.6 Å². The second kappa shape index (κ2) is 9.05. The van der Waals surface area contributed by atoms with E-state index in [1.807, 2.05) is 32.9 Å². The first-order chi connectivity index (χ1) is 17.1. The maximum Gasteiger partial charge on any atom is 0.269 e. The Bertz CT molecular complexity index is 1460. The zero-order valence-electron chi connectivity index (χ0n) is 20.3. The van der Waals surface area contributed by atoms with E-state index in [-0.39, 0.29) is 22.4 Å². The molecule has 0 spiro atoms. The molecule has 0 bridgehead atoms. The molecule has 0 amide bonds. The van der Waals surface area contributed by atoms with Crippen molar-refractivity contribution in [3.8, 4) is 0 Å². The van der Waals surface area contributed by atoms with Gasteiger partial charge in [-0.2, -0.15) is 0 Å². The summed E-state index contributed by atoms with van der Waals surface area (Å²) < 4.78 is 0.